The molecule has 0 bridgehead atoms. The normalized spacial score (nSPS) is 16.1. The first-order valence-electron chi connectivity index (χ1n) is 22.0. The van der Waals surface area contributed by atoms with Gasteiger partial charge < -0.3 is 32.5 Å². The van der Waals surface area contributed by atoms with Crippen LogP contribution < -0.4 is 10.9 Å². The molecule has 0 saturated carbocycles. The minimum atomic E-state index is -1.08. The van der Waals surface area contributed by atoms with Gasteiger partial charge in [0.2, 0.25) is 0 Å². The summed E-state index contributed by atoms with van der Waals surface area (Å²) in [5.74, 6) is -2.58. The van der Waals surface area contributed by atoms with Crippen molar-refractivity contribution in [2.75, 3.05) is 14.2 Å². The van der Waals surface area contributed by atoms with Crippen LogP contribution in [0.3, 0.4) is 0 Å². The van der Waals surface area contributed by atoms with Crippen molar-refractivity contribution >= 4 is 17.9 Å². The number of esters is 3. The molecule has 2 aromatic heterocycles. The van der Waals surface area contributed by atoms with Crippen LogP contribution in [0.4, 0.5) is 0 Å². The molecule has 0 spiro atoms. The Labute approximate surface area is 377 Å². The highest BCUT2D eigenvalue weighted by atomic mass is 16.6. The zero-order valence-corrected chi connectivity index (χ0v) is 39.9. The Bertz CT molecular complexity index is 2380. The van der Waals surface area contributed by atoms with Gasteiger partial charge in [-0.2, -0.15) is 0 Å². The number of allylic oxidation sites excluding steroid dienone is 1. The van der Waals surface area contributed by atoms with Crippen molar-refractivity contribution in [1.29, 1.82) is 0 Å². The quantitative estimate of drug-likeness (QED) is 0.0471. The molecule has 0 N–H and O–H groups in total. The molecular weight excluding hydrogens is 817 g/mol. The molecule has 0 aliphatic rings. The standard InChI is InChI=1S/C52H66O12/c1-15-40-30(5)42(54)33(8)47(61-40)36(11)48(60-37(12)53)35(10)45(64-52(57)50(59-14)39-25-21-18-22-26-39)29(4)27-28(3)44-32(7)43(55)34(9)46(63-44)31(6)41(16-2)62-51(56)49(58-13)38-23-19-17-20-24-38/h17-28,31,35-36,41,45,48-50H,15-16H2,1-14H3/b29-27+/t28-,31+,35+,36+,41+,45-,48-,49+,50+/m1/s1. The second kappa shape index (κ2) is 22.9. The Morgan fingerprint density at radius 2 is 1.09 bits per heavy atom. The summed E-state index contributed by atoms with van der Waals surface area (Å²) < 4.78 is 42.7. The lowest BCUT2D eigenvalue weighted by Crippen LogP contribution is -2.41. The molecule has 9 atom stereocenters. The van der Waals surface area contributed by atoms with Crippen molar-refractivity contribution in [2.24, 2.45) is 5.92 Å². The number of hydrogen-bond donors (Lipinski definition) is 0. The Morgan fingerprint density at radius 3 is 1.56 bits per heavy atom. The minimum absolute atomic E-state index is 0.156. The van der Waals surface area contributed by atoms with E-state index in [-0.39, 0.29) is 10.9 Å². The number of hydrogen-bond acceptors (Lipinski definition) is 12. The van der Waals surface area contributed by atoms with Crippen LogP contribution in [0.25, 0.3) is 0 Å². The van der Waals surface area contributed by atoms with Gasteiger partial charge in [0.15, 0.2) is 23.1 Å². The van der Waals surface area contributed by atoms with E-state index in [1.165, 1.54) is 21.1 Å². The average molecular weight is 883 g/mol. The summed E-state index contributed by atoms with van der Waals surface area (Å²) in [4.78, 5) is 67.8. The number of carbonyl (C=O) groups excluding carboxylic acids is 3. The lowest BCUT2D eigenvalue weighted by molar-refractivity contribution is -0.167. The topological polar surface area (TPSA) is 158 Å². The SMILES string of the molecule is CCc1oc([C@H](C)[C@H](OC(C)=O)[C@@H](C)[C@H](OC(=O)[C@@H](OC)c2ccccc2)/C(C)=C/[C@@H](C)c2oc([C@@H](C)[C@H](CC)OC(=O)[C@@H](OC)c3ccccc3)c(C)c(=O)c2C)c(C)c(=O)c1C. The smallest absolute Gasteiger partial charge is 0.340 e. The highest BCUT2D eigenvalue weighted by Crippen LogP contribution is 2.37. The first-order valence-corrected chi connectivity index (χ1v) is 22.0. The van der Waals surface area contributed by atoms with Crippen LogP contribution in [0, 0.1) is 33.6 Å². The van der Waals surface area contributed by atoms with Gasteiger partial charge in [-0.05, 0) is 57.7 Å². The zero-order chi connectivity index (χ0) is 47.6. The Balaban J connectivity index is 1.80. The number of carbonyl (C=O) groups is 3. The Hall–Kier alpha value is -5.59. The van der Waals surface area contributed by atoms with E-state index in [9.17, 15) is 24.0 Å². The molecule has 4 aromatic rings. The second-order valence-electron chi connectivity index (χ2n) is 16.7. The van der Waals surface area contributed by atoms with Gasteiger partial charge in [0.25, 0.3) is 0 Å². The van der Waals surface area contributed by atoms with Crippen molar-refractivity contribution in [1.82, 2.24) is 0 Å². The van der Waals surface area contributed by atoms with Crippen LogP contribution >= 0.6 is 0 Å². The van der Waals surface area contributed by atoms with Crippen LogP contribution in [0.1, 0.15) is 148 Å². The van der Waals surface area contributed by atoms with E-state index in [1.807, 2.05) is 71.9 Å². The van der Waals surface area contributed by atoms with Crippen molar-refractivity contribution in [3.05, 3.63) is 149 Å². The van der Waals surface area contributed by atoms with Crippen molar-refractivity contribution in [3.8, 4) is 0 Å². The third kappa shape index (κ3) is 11.6. The third-order valence-electron chi connectivity index (χ3n) is 12.2. The summed E-state index contributed by atoms with van der Waals surface area (Å²) in [6.07, 6.45) is -1.87. The van der Waals surface area contributed by atoms with Crippen molar-refractivity contribution < 1.29 is 46.9 Å². The van der Waals surface area contributed by atoms with Gasteiger partial charge in [-0.25, -0.2) is 9.59 Å². The van der Waals surface area contributed by atoms with Gasteiger partial charge >= 0.3 is 17.9 Å². The van der Waals surface area contributed by atoms with Gasteiger partial charge in [-0.15, -0.1) is 0 Å². The van der Waals surface area contributed by atoms with E-state index in [2.05, 4.69) is 0 Å². The fourth-order valence-corrected chi connectivity index (χ4v) is 8.68. The van der Waals surface area contributed by atoms with Gasteiger partial charge in [-0.3, -0.25) is 14.4 Å². The highest BCUT2D eigenvalue weighted by molar-refractivity contribution is 5.77. The second-order valence-corrected chi connectivity index (χ2v) is 16.7. The maximum Gasteiger partial charge on any atom is 0.340 e. The lowest BCUT2D eigenvalue weighted by atomic mass is 9.83. The largest absolute Gasteiger partial charge is 0.465 e. The molecule has 64 heavy (non-hydrogen) atoms. The Kier molecular flexibility index (Phi) is 18.2. The fraction of sp³-hybridized carbons (Fsp3) is 0.481. The summed E-state index contributed by atoms with van der Waals surface area (Å²) in [7, 11) is 2.87. The fourth-order valence-electron chi connectivity index (χ4n) is 8.68. The molecule has 0 aliphatic heterocycles. The van der Waals surface area contributed by atoms with E-state index in [0.717, 1.165) is 0 Å². The molecule has 12 heteroatoms. The number of rotatable bonds is 20. The average Bonchev–Trinajstić information content (AvgIpc) is 3.28. The molecule has 0 fully saturated rings. The molecule has 0 saturated heterocycles. The monoisotopic (exact) mass is 882 g/mol. The van der Waals surface area contributed by atoms with Crippen molar-refractivity contribution in [3.63, 3.8) is 0 Å². The Morgan fingerprint density at radius 1 is 0.625 bits per heavy atom. The molecule has 0 unspecified atom stereocenters. The van der Waals surface area contributed by atoms with Gasteiger partial charge in [-0.1, -0.05) is 108 Å². The van der Waals surface area contributed by atoms with Crippen LogP contribution in [0.2, 0.25) is 0 Å². The highest BCUT2D eigenvalue weighted by Gasteiger charge is 2.40. The lowest BCUT2D eigenvalue weighted by Gasteiger charge is -2.35. The molecule has 2 aromatic carbocycles. The maximum absolute atomic E-state index is 14.2. The first-order chi connectivity index (χ1) is 30.3. The van der Waals surface area contributed by atoms with Crippen molar-refractivity contribution in [2.45, 2.75) is 144 Å². The first kappa shape index (κ1) is 51.0. The number of methoxy groups -OCH3 is 2. The molecular formula is C52H66O12. The summed E-state index contributed by atoms with van der Waals surface area (Å²) in [6.45, 7) is 21.1. The van der Waals surface area contributed by atoms with Gasteiger partial charge in [0.1, 0.15) is 41.4 Å². The summed E-state index contributed by atoms with van der Waals surface area (Å²) in [6, 6.07) is 18.0. The van der Waals surface area contributed by atoms with E-state index in [0.29, 0.717) is 74.8 Å². The van der Waals surface area contributed by atoms with Crippen LogP contribution in [0.5, 0.6) is 0 Å². The van der Waals surface area contributed by atoms with E-state index in [1.54, 1.807) is 71.0 Å². The molecule has 2 heterocycles. The summed E-state index contributed by atoms with van der Waals surface area (Å²) >= 11 is 0. The van der Waals surface area contributed by atoms with Crippen LogP contribution in [0.15, 0.2) is 90.7 Å². The van der Waals surface area contributed by atoms with Crippen LogP contribution in [-0.2, 0) is 44.5 Å². The molecule has 0 radical (unpaired) electrons. The third-order valence-corrected chi connectivity index (χ3v) is 12.2. The molecule has 0 aliphatic carbocycles. The minimum Gasteiger partial charge on any atom is -0.465 e. The summed E-state index contributed by atoms with van der Waals surface area (Å²) in [5.41, 5.74) is 3.14. The van der Waals surface area contributed by atoms with E-state index in [4.69, 9.17) is 32.5 Å². The van der Waals surface area contributed by atoms with Gasteiger partial charge in [0, 0.05) is 61.7 Å². The maximum atomic E-state index is 14.2. The zero-order valence-electron chi connectivity index (χ0n) is 39.9. The van der Waals surface area contributed by atoms with E-state index < -0.39 is 72.1 Å². The molecule has 0 amide bonds. The van der Waals surface area contributed by atoms with E-state index >= 15 is 0 Å². The summed E-state index contributed by atoms with van der Waals surface area (Å²) in [5, 5.41) is 0. The predicted molar refractivity (Wildman–Crippen MR) is 244 cm³/mol. The molecule has 346 valence electrons. The van der Waals surface area contributed by atoms with Crippen LogP contribution in [-0.4, -0.2) is 50.4 Å². The number of aryl methyl sites for hydroxylation is 1. The van der Waals surface area contributed by atoms with Gasteiger partial charge in [0.05, 0.1) is 11.8 Å². The molecule has 12 nitrogen and oxygen atoms in total. The number of benzene rings is 2. The molecule has 4 rings (SSSR count). The predicted octanol–water partition coefficient (Wildman–Crippen LogP) is 9.92. The number of ether oxygens (including phenoxy) is 5.